The van der Waals surface area contributed by atoms with E-state index in [4.69, 9.17) is 4.74 Å². The van der Waals surface area contributed by atoms with Crippen molar-refractivity contribution in [3.05, 3.63) is 71.8 Å². The number of likely N-dealkylation sites (tertiary alicyclic amines) is 1. The van der Waals surface area contributed by atoms with E-state index in [9.17, 15) is 9.59 Å². The first-order valence-corrected chi connectivity index (χ1v) is 11.6. The molecule has 1 fully saturated rings. The first-order chi connectivity index (χ1) is 14.5. The lowest BCUT2D eigenvalue weighted by atomic mass is 9.72. The molecule has 30 heavy (non-hydrogen) atoms. The highest BCUT2D eigenvalue weighted by atomic mass is 32.2. The second-order valence-corrected chi connectivity index (χ2v) is 9.36. The minimum absolute atomic E-state index is 0.0902. The summed E-state index contributed by atoms with van der Waals surface area (Å²) < 4.78 is 5.17. The molecule has 0 N–H and O–H groups in total. The van der Waals surface area contributed by atoms with Crippen LogP contribution in [0.4, 0.5) is 0 Å². The van der Waals surface area contributed by atoms with E-state index in [0.717, 1.165) is 11.3 Å². The molecule has 0 aliphatic carbocycles. The molecule has 2 aromatic rings. The van der Waals surface area contributed by atoms with Gasteiger partial charge in [0.25, 0.3) is 0 Å². The summed E-state index contributed by atoms with van der Waals surface area (Å²) in [5, 5.41) is -0.0902. The van der Waals surface area contributed by atoms with E-state index >= 15 is 0 Å². The van der Waals surface area contributed by atoms with Crippen molar-refractivity contribution < 1.29 is 14.3 Å². The number of esters is 1. The van der Waals surface area contributed by atoms with Gasteiger partial charge in [-0.25, -0.2) is 0 Å². The summed E-state index contributed by atoms with van der Waals surface area (Å²) in [7, 11) is 1.44. The van der Waals surface area contributed by atoms with Crippen molar-refractivity contribution in [2.24, 2.45) is 5.92 Å². The number of thioether (sulfide) groups is 1. The van der Waals surface area contributed by atoms with E-state index in [1.54, 1.807) is 11.8 Å². The SMILES string of the molecule is COC(=O)C1(c2ccccc2)CCN(C(=O)C(SCc2ccccc2)C(C)C)CC1. The molecule has 1 aliphatic heterocycles. The van der Waals surface area contributed by atoms with E-state index in [0.29, 0.717) is 25.9 Å². The van der Waals surface area contributed by atoms with Gasteiger partial charge in [0.05, 0.1) is 17.8 Å². The second-order valence-electron chi connectivity index (χ2n) is 8.23. The van der Waals surface area contributed by atoms with Crippen molar-refractivity contribution in [2.45, 2.75) is 43.1 Å². The van der Waals surface area contributed by atoms with Gasteiger partial charge in [0.1, 0.15) is 0 Å². The Morgan fingerprint density at radius 2 is 1.57 bits per heavy atom. The average Bonchev–Trinajstić information content (AvgIpc) is 2.79. The van der Waals surface area contributed by atoms with Crippen LogP contribution in [0.1, 0.15) is 37.8 Å². The number of hydrogen-bond donors (Lipinski definition) is 0. The van der Waals surface area contributed by atoms with Crippen LogP contribution in [0.3, 0.4) is 0 Å². The van der Waals surface area contributed by atoms with E-state index in [2.05, 4.69) is 26.0 Å². The van der Waals surface area contributed by atoms with Gasteiger partial charge in [-0.3, -0.25) is 9.59 Å². The third-order valence-electron chi connectivity index (χ3n) is 5.95. The molecule has 1 unspecified atom stereocenters. The standard InChI is InChI=1S/C25H31NO3S/c1-19(2)22(30-18-20-10-6-4-7-11-20)23(27)26-16-14-25(15-17-26,24(28)29-3)21-12-8-5-9-13-21/h4-13,19,22H,14-18H2,1-3H3. The highest BCUT2D eigenvalue weighted by Gasteiger charge is 2.45. The Bertz CT molecular complexity index is 830. The fraction of sp³-hybridized carbons (Fsp3) is 0.440. The molecular formula is C25H31NO3S. The third-order valence-corrected chi connectivity index (χ3v) is 7.56. The molecule has 1 aliphatic rings. The van der Waals surface area contributed by atoms with Crippen LogP contribution in [0.25, 0.3) is 0 Å². The summed E-state index contributed by atoms with van der Waals surface area (Å²) in [5.41, 5.74) is 1.54. The predicted molar refractivity (Wildman–Crippen MR) is 122 cm³/mol. The molecule has 1 amide bonds. The van der Waals surface area contributed by atoms with Gasteiger partial charge in [0.15, 0.2) is 0 Å². The van der Waals surface area contributed by atoms with Gasteiger partial charge in [0, 0.05) is 18.8 Å². The Morgan fingerprint density at radius 3 is 2.10 bits per heavy atom. The third kappa shape index (κ3) is 4.89. The Morgan fingerprint density at radius 1 is 1.00 bits per heavy atom. The molecule has 1 heterocycles. The molecule has 0 bridgehead atoms. The molecular weight excluding hydrogens is 394 g/mol. The van der Waals surface area contributed by atoms with Crippen molar-refractivity contribution in [3.63, 3.8) is 0 Å². The molecule has 0 spiro atoms. The highest BCUT2D eigenvalue weighted by Crippen LogP contribution is 2.38. The van der Waals surface area contributed by atoms with Gasteiger partial charge < -0.3 is 9.64 Å². The Balaban J connectivity index is 1.69. The van der Waals surface area contributed by atoms with Crippen molar-refractivity contribution in [1.82, 2.24) is 4.90 Å². The van der Waals surface area contributed by atoms with Gasteiger partial charge in [-0.05, 0) is 29.9 Å². The number of carbonyl (C=O) groups is 2. The minimum atomic E-state index is -0.669. The molecule has 0 radical (unpaired) electrons. The normalized spacial score (nSPS) is 16.9. The number of nitrogens with zero attached hydrogens (tertiary/aromatic N) is 1. The number of amides is 1. The predicted octanol–water partition coefficient (Wildman–Crippen LogP) is 4.68. The van der Waals surface area contributed by atoms with E-state index in [1.165, 1.54) is 12.7 Å². The van der Waals surface area contributed by atoms with Crippen LogP contribution < -0.4 is 0 Å². The number of methoxy groups -OCH3 is 1. The number of piperidine rings is 1. The Kier molecular flexibility index (Phi) is 7.59. The molecule has 5 heteroatoms. The van der Waals surface area contributed by atoms with Crippen LogP contribution in [0.5, 0.6) is 0 Å². The molecule has 0 saturated carbocycles. The van der Waals surface area contributed by atoms with Crippen molar-refractivity contribution in [3.8, 4) is 0 Å². The fourth-order valence-electron chi connectivity index (χ4n) is 4.16. The van der Waals surface area contributed by atoms with Gasteiger partial charge in [-0.1, -0.05) is 74.5 Å². The van der Waals surface area contributed by atoms with Crippen LogP contribution >= 0.6 is 11.8 Å². The zero-order chi connectivity index (χ0) is 21.6. The lowest BCUT2D eigenvalue weighted by Crippen LogP contribution is -2.51. The molecule has 4 nitrogen and oxygen atoms in total. The van der Waals surface area contributed by atoms with Crippen LogP contribution in [0.2, 0.25) is 0 Å². The quantitative estimate of drug-likeness (QED) is 0.605. The van der Waals surface area contributed by atoms with Crippen LogP contribution in [-0.4, -0.2) is 42.2 Å². The van der Waals surface area contributed by atoms with E-state index in [-0.39, 0.29) is 23.0 Å². The van der Waals surface area contributed by atoms with Crippen LogP contribution in [0, 0.1) is 5.92 Å². The fourth-order valence-corrected chi connectivity index (χ4v) is 5.40. The second kappa shape index (κ2) is 10.2. The largest absolute Gasteiger partial charge is 0.468 e. The average molecular weight is 426 g/mol. The monoisotopic (exact) mass is 425 g/mol. The first kappa shape index (κ1) is 22.4. The molecule has 1 saturated heterocycles. The zero-order valence-corrected chi connectivity index (χ0v) is 18.9. The van der Waals surface area contributed by atoms with Crippen molar-refractivity contribution in [1.29, 1.82) is 0 Å². The summed E-state index contributed by atoms with van der Waals surface area (Å²) in [6, 6.07) is 20.1. The first-order valence-electron chi connectivity index (χ1n) is 10.6. The summed E-state index contributed by atoms with van der Waals surface area (Å²) >= 11 is 1.71. The molecule has 3 rings (SSSR count). The molecule has 160 valence electrons. The van der Waals surface area contributed by atoms with Crippen LogP contribution in [0.15, 0.2) is 60.7 Å². The number of benzene rings is 2. The van der Waals surface area contributed by atoms with Gasteiger partial charge >= 0.3 is 5.97 Å². The van der Waals surface area contributed by atoms with E-state index in [1.807, 2.05) is 53.4 Å². The summed E-state index contributed by atoms with van der Waals surface area (Å²) in [6.07, 6.45) is 1.17. The number of ether oxygens (including phenoxy) is 1. The zero-order valence-electron chi connectivity index (χ0n) is 18.0. The van der Waals surface area contributed by atoms with Crippen LogP contribution in [-0.2, 0) is 25.5 Å². The maximum absolute atomic E-state index is 13.3. The number of carbonyl (C=O) groups excluding carboxylic acids is 2. The molecule has 0 aromatic heterocycles. The maximum Gasteiger partial charge on any atom is 0.316 e. The Labute approximate surface area is 184 Å². The van der Waals surface area contributed by atoms with Gasteiger partial charge in [0.2, 0.25) is 5.91 Å². The lowest BCUT2D eigenvalue weighted by Gasteiger charge is -2.41. The number of hydrogen-bond acceptors (Lipinski definition) is 4. The maximum atomic E-state index is 13.3. The smallest absolute Gasteiger partial charge is 0.316 e. The molecule has 1 atom stereocenters. The van der Waals surface area contributed by atoms with E-state index < -0.39 is 5.41 Å². The summed E-state index contributed by atoms with van der Waals surface area (Å²) in [4.78, 5) is 28.0. The van der Waals surface area contributed by atoms with Crippen molar-refractivity contribution in [2.75, 3.05) is 20.2 Å². The Hall–Kier alpha value is -2.27. The highest BCUT2D eigenvalue weighted by molar-refractivity contribution is 7.99. The lowest BCUT2D eigenvalue weighted by molar-refractivity contribution is -0.151. The van der Waals surface area contributed by atoms with Crippen molar-refractivity contribution >= 4 is 23.6 Å². The summed E-state index contributed by atoms with van der Waals surface area (Å²) in [5.74, 6) is 1.03. The molecule has 2 aromatic carbocycles. The van der Waals surface area contributed by atoms with Gasteiger partial charge in [-0.15, -0.1) is 11.8 Å². The number of rotatable bonds is 7. The van der Waals surface area contributed by atoms with Gasteiger partial charge in [-0.2, -0.15) is 0 Å². The minimum Gasteiger partial charge on any atom is -0.468 e. The summed E-state index contributed by atoms with van der Waals surface area (Å²) in [6.45, 7) is 5.34. The topological polar surface area (TPSA) is 46.6 Å².